The van der Waals surface area contributed by atoms with E-state index in [1.807, 2.05) is 6.92 Å². The zero-order chi connectivity index (χ0) is 9.72. The smallest absolute Gasteiger partial charge is 0.234 e. The van der Waals surface area contributed by atoms with Gasteiger partial charge in [0.05, 0.1) is 11.0 Å². The monoisotopic (exact) mass is 189 g/mol. The van der Waals surface area contributed by atoms with Crippen LogP contribution in [-0.2, 0) is 4.79 Å². The van der Waals surface area contributed by atoms with E-state index >= 15 is 0 Å². The predicted octanol–water partition coefficient (Wildman–Crippen LogP) is -0.532. The number of amides is 1. The molecule has 1 atom stereocenters. The van der Waals surface area contributed by atoms with Crippen LogP contribution in [0.3, 0.4) is 0 Å². The zero-order valence-electron chi connectivity index (χ0n) is 7.41. The quantitative estimate of drug-likeness (QED) is 0.570. The molecule has 1 unspecified atom stereocenters. The highest BCUT2D eigenvalue weighted by molar-refractivity contribution is 7.80. The number of hydrogen-bond donors (Lipinski definition) is 2. The van der Waals surface area contributed by atoms with Gasteiger partial charge in [0.2, 0.25) is 5.91 Å². The van der Waals surface area contributed by atoms with Crippen LogP contribution in [0.4, 0.5) is 0 Å². The van der Waals surface area contributed by atoms with Crippen LogP contribution in [-0.4, -0.2) is 35.4 Å². The molecule has 0 heterocycles. The molecule has 0 rings (SSSR count). The number of thiocarbonyl (C=S) groups is 1. The number of likely N-dealkylation sites (N-methyl/N-ethyl adjacent to an activating group) is 1. The molecule has 4 N–H and O–H groups in total. The van der Waals surface area contributed by atoms with Gasteiger partial charge in [-0.2, -0.15) is 0 Å². The maximum atomic E-state index is 10.8. The molecule has 0 spiro atoms. The van der Waals surface area contributed by atoms with Gasteiger partial charge in [-0.25, -0.2) is 0 Å². The Balaban J connectivity index is 4.11. The predicted molar refractivity (Wildman–Crippen MR) is 52.7 cm³/mol. The summed E-state index contributed by atoms with van der Waals surface area (Å²) in [4.78, 5) is 13.0. The first-order chi connectivity index (χ1) is 5.49. The molecular formula is C7H15N3OS. The van der Waals surface area contributed by atoms with Crippen LogP contribution in [0, 0.1) is 0 Å². The van der Waals surface area contributed by atoms with Crippen molar-refractivity contribution in [2.24, 2.45) is 11.5 Å². The Morgan fingerprint density at radius 2 is 2.08 bits per heavy atom. The van der Waals surface area contributed by atoms with Gasteiger partial charge in [-0.3, -0.25) is 9.69 Å². The second-order valence-corrected chi connectivity index (χ2v) is 3.23. The second-order valence-electron chi connectivity index (χ2n) is 2.71. The normalized spacial score (nSPS) is 12.9. The average molecular weight is 189 g/mol. The fourth-order valence-electron chi connectivity index (χ4n) is 1.09. The van der Waals surface area contributed by atoms with E-state index < -0.39 is 0 Å². The molecule has 0 fully saturated rings. The zero-order valence-corrected chi connectivity index (χ0v) is 8.23. The van der Waals surface area contributed by atoms with Crippen molar-refractivity contribution in [2.75, 3.05) is 13.6 Å². The van der Waals surface area contributed by atoms with Gasteiger partial charge in [-0.1, -0.05) is 19.1 Å². The van der Waals surface area contributed by atoms with Crippen LogP contribution in [0.1, 0.15) is 13.3 Å². The maximum Gasteiger partial charge on any atom is 0.234 e. The summed E-state index contributed by atoms with van der Waals surface area (Å²) in [6, 6.07) is -0.272. The number of nitrogens with zero attached hydrogens (tertiary/aromatic N) is 1. The van der Waals surface area contributed by atoms with Gasteiger partial charge < -0.3 is 11.5 Å². The number of carbonyl (C=O) groups excluding carboxylic acids is 1. The summed E-state index contributed by atoms with van der Waals surface area (Å²) in [5, 5.41) is 0. The highest BCUT2D eigenvalue weighted by Gasteiger charge is 2.18. The van der Waals surface area contributed by atoms with Crippen molar-refractivity contribution in [3.05, 3.63) is 0 Å². The summed E-state index contributed by atoms with van der Waals surface area (Å²) in [7, 11) is 1.78. The molecular weight excluding hydrogens is 174 g/mol. The summed E-state index contributed by atoms with van der Waals surface area (Å²) < 4.78 is 0. The van der Waals surface area contributed by atoms with Gasteiger partial charge in [-0.05, 0) is 13.5 Å². The van der Waals surface area contributed by atoms with Crippen molar-refractivity contribution in [3.8, 4) is 0 Å². The van der Waals surface area contributed by atoms with Crippen molar-refractivity contribution in [1.82, 2.24) is 4.90 Å². The Kier molecular flexibility index (Phi) is 4.77. The third-order valence-electron chi connectivity index (χ3n) is 1.65. The molecule has 0 aromatic heterocycles. The fraction of sp³-hybridized carbons (Fsp3) is 0.714. The molecule has 0 saturated heterocycles. The lowest BCUT2D eigenvalue weighted by Gasteiger charge is -2.23. The van der Waals surface area contributed by atoms with Gasteiger partial charge in [0.25, 0.3) is 0 Å². The standard InChI is InChI=1S/C7H15N3OS/c1-3-5(7(9)11)10(2)4-6(8)12/h5H,3-4H2,1-2H3,(H2,8,12)(H2,9,11). The largest absolute Gasteiger partial charge is 0.392 e. The molecule has 0 saturated carbocycles. The number of carbonyl (C=O) groups is 1. The third kappa shape index (κ3) is 3.64. The molecule has 5 heteroatoms. The van der Waals surface area contributed by atoms with Crippen LogP contribution in [0.2, 0.25) is 0 Å². The highest BCUT2D eigenvalue weighted by Crippen LogP contribution is 1.99. The van der Waals surface area contributed by atoms with E-state index in [9.17, 15) is 4.79 Å². The first-order valence-electron chi connectivity index (χ1n) is 3.76. The molecule has 0 bridgehead atoms. The van der Waals surface area contributed by atoms with Crippen LogP contribution in [0.25, 0.3) is 0 Å². The Morgan fingerprint density at radius 3 is 2.33 bits per heavy atom. The van der Waals surface area contributed by atoms with E-state index in [4.69, 9.17) is 23.7 Å². The fourth-order valence-corrected chi connectivity index (χ4v) is 1.29. The van der Waals surface area contributed by atoms with Crippen LogP contribution < -0.4 is 11.5 Å². The number of rotatable bonds is 5. The number of hydrogen-bond acceptors (Lipinski definition) is 3. The molecule has 0 aromatic carbocycles. The first kappa shape index (κ1) is 11.3. The SMILES string of the molecule is CCC(C(N)=O)N(C)CC(N)=S. The summed E-state index contributed by atoms with van der Waals surface area (Å²) in [5.41, 5.74) is 10.5. The van der Waals surface area contributed by atoms with Gasteiger partial charge in [-0.15, -0.1) is 0 Å². The minimum absolute atomic E-state index is 0.272. The summed E-state index contributed by atoms with van der Waals surface area (Å²) in [6.45, 7) is 2.32. The van der Waals surface area contributed by atoms with Crippen LogP contribution in [0.15, 0.2) is 0 Å². The molecule has 0 aliphatic heterocycles. The van der Waals surface area contributed by atoms with E-state index in [0.29, 0.717) is 18.0 Å². The topological polar surface area (TPSA) is 72.4 Å². The maximum absolute atomic E-state index is 10.8. The van der Waals surface area contributed by atoms with Gasteiger partial charge in [0.1, 0.15) is 0 Å². The summed E-state index contributed by atoms with van der Waals surface area (Å²) in [5.74, 6) is -0.337. The molecule has 1 amide bonds. The minimum Gasteiger partial charge on any atom is -0.392 e. The lowest BCUT2D eigenvalue weighted by atomic mass is 10.2. The molecule has 0 radical (unpaired) electrons. The van der Waals surface area contributed by atoms with Crippen molar-refractivity contribution >= 4 is 23.1 Å². The lowest BCUT2D eigenvalue weighted by Crippen LogP contribution is -2.45. The highest BCUT2D eigenvalue weighted by atomic mass is 32.1. The molecule has 4 nitrogen and oxygen atoms in total. The Bertz CT molecular complexity index is 183. The lowest BCUT2D eigenvalue weighted by molar-refractivity contribution is -0.122. The molecule has 0 aromatic rings. The van der Waals surface area contributed by atoms with E-state index in [1.165, 1.54) is 0 Å². The number of nitrogens with two attached hydrogens (primary N) is 2. The Labute approximate surface area is 77.9 Å². The molecule has 0 aliphatic rings. The second kappa shape index (κ2) is 5.05. The number of primary amides is 1. The first-order valence-corrected chi connectivity index (χ1v) is 4.17. The molecule has 12 heavy (non-hydrogen) atoms. The third-order valence-corrected chi connectivity index (χ3v) is 1.78. The van der Waals surface area contributed by atoms with Gasteiger partial charge in [0, 0.05) is 6.54 Å². The van der Waals surface area contributed by atoms with E-state index in [2.05, 4.69) is 0 Å². The average Bonchev–Trinajstić information content (AvgIpc) is 1.85. The van der Waals surface area contributed by atoms with Crippen molar-refractivity contribution in [3.63, 3.8) is 0 Å². The van der Waals surface area contributed by atoms with E-state index in [1.54, 1.807) is 11.9 Å². The van der Waals surface area contributed by atoms with Gasteiger partial charge >= 0.3 is 0 Å². The van der Waals surface area contributed by atoms with Crippen molar-refractivity contribution in [1.29, 1.82) is 0 Å². The van der Waals surface area contributed by atoms with E-state index in [0.717, 1.165) is 0 Å². The molecule has 70 valence electrons. The minimum atomic E-state index is -0.337. The molecule has 0 aliphatic carbocycles. The van der Waals surface area contributed by atoms with E-state index in [-0.39, 0.29) is 11.9 Å². The summed E-state index contributed by atoms with van der Waals surface area (Å²) in [6.07, 6.45) is 0.675. The van der Waals surface area contributed by atoms with Crippen LogP contribution in [0.5, 0.6) is 0 Å². The van der Waals surface area contributed by atoms with Crippen molar-refractivity contribution in [2.45, 2.75) is 19.4 Å². The van der Waals surface area contributed by atoms with Crippen molar-refractivity contribution < 1.29 is 4.79 Å². The van der Waals surface area contributed by atoms with Crippen LogP contribution >= 0.6 is 12.2 Å². The van der Waals surface area contributed by atoms with Gasteiger partial charge in [0.15, 0.2) is 0 Å². The Morgan fingerprint density at radius 1 is 1.58 bits per heavy atom. The Hall–Kier alpha value is -0.680. The summed E-state index contributed by atoms with van der Waals surface area (Å²) >= 11 is 4.71.